The number of nitrogens with one attached hydrogen (secondary N) is 1. The summed E-state index contributed by atoms with van der Waals surface area (Å²) in [6, 6.07) is 4.17. The molecule has 0 saturated heterocycles. The molecular formula is C11H17ClN2O4S. The highest BCUT2D eigenvalue weighted by molar-refractivity contribution is 7.89. The SMILES string of the molecule is COCC(O)CCNS(=O)(=O)c1ccc(N)cc1Cl. The summed E-state index contributed by atoms with van der Waals surface area (Å²) in [4.78, 5) is -0.0374. The Bertz CT molecular complexity index is 521. The molecule has 1 unspecified atom stereocenters. The molecule has 0 aliphatic carbocycles. The van der Waals surface area contributed by atoms with Crippen molar-refractivity contribution < 1.29 is 18.3 Å². The van der Waals surface area contributed by atoms with E-state index in [0.29, 0.717) is 5.69 Å². The third-order valence-corrected chi connectivity index (χ3v) is 4.32. The number of nitrogens with two attached hydrogens (primary N) is 1. The Morgan fingerprint density at radius 2 is 2.21 bits per heavy atom. The number of halogens is 1. The van der Waals surface area contributed by atoms with E-state index in [1.165, 1.54) is 25.3 Å². The molecule has 6 nitrogen and oxygen atoms in total. The van der Waals surface area contributed by atoms with Gasteiger partial charge in [-0.15, -0.1) is 0 Å². The molecule has 0 bridgehead atoms. The normalized spacial score (nSPS) is 13.4. The fraction of sp³-hybridized carbons (Fsp3) is 0.455. The van der Waals surface area contributed by atoms with Crippen LogP contribution in [0.5, 0.6) is 0 Å². The van der Waals surface area contributed by atoms with Crippen LogP contribution < -0.4 is 10.5 Å². The van der Waals surface area contributed by atoms with Crippen molar-refractivity contribution in [2.45, 2.75) is 17.4 Å². The zero-order valence-electron chi connectivity index (χ0n) is 10.5. The number of rotatable bonds is 7. The van der Waals surface area contributed by atoms with Crippen LogP contribution in [0.3, 0.4) is 0 Å². The number of aliphatic hydroxyl groups excluding tert-OH is 1. The molecule has 0 amide bonds. The van der Waals surface area contributed by atoms with Crippen molar-refractivity contribution >= 4 is 27.3 Å². The summed E-state index contributed by atoms with van der Waals surface area (Å²) in [5, 5.41) is 9.47. The third kappa shape index (κ3) is 4.96. The molecule has 8 heteroatoms. The molecule has 19 heavy (non-hydrogen) atoms. The highest BCUT2D eigenvalue weighted by Gasteiger charge is 2.17. The number of hydrogen-bond acceptors (Lipinski definition) is 5. The lowest BCUT2D eigenvalue weighted by molar-refractivity contribution is 0.0603. The molecule has 0 saturated carbocycles. The lowest BCUT2D eigenvalue weighted by Gasteiger charge is -2.11. The van der Waals surface area contributed by atoms with Crippen molar-refractivity contribution in [2.75, 3.05) is 26.0 Å². The summed E-state index contributed by atoms with van der Waals surface area (Å²) in [6.07, 6.45) is -0.464. The Morgan fingerprint density at radius 1 is 1.53 bits per heavy atom. The van der Waals surface area contributed by atoms with Gasteiger partial charge in [-0.3, -0.25) is 0 Å². The average molecular weight is 309 g/mol. The predicted octanol–water partition coefficient (Wildman–Crippen LogP) is 0.598. The second-order valence-corrected chi connectivity index (χ2v) is 6.13. The van der Waals surface area contributed by atoms with E-state index in [1.54, 1.807) is 0 Å². The van der Waals surface area contributed by atoms with Gasteiger partial charge in [0.15, 0.2) is 0 Å². The first-order valence-corrected chi connectivity index (χ1v) is 7.44. The summed E-state index contributed by atoms with van der Waals surface area (Å²) in [5.41, 5.74) is 5.89. The second kappa shape index (κ2) is 7.06. The molecule has 4 N–H and O–H groups in total. The molecular weight excluding hydrogens is 292 g/mol. The molecule has 0 aliphatic rings. The van der Waals surface area contributed by atoms with Crippen molar-refractivity contribution in [3.05, 3.63) is 23.2 Å². The van der Waals surface area contributed by atoms with Crippen molar-refractivity contribution in [2.24, 2.45) is 0 Å². The fourth-order valence-corrected chi connectivity index (χ4v) is 3.05. The second-order valence-electron chi connectivity index (χ2n) is 3.99. The maximum absolute atomic E-state index is 12.0. The van der Waals surface area contributed by atoms with Crippen molar-refractivity contribution in [1.29, 1.82) is 0 Å². The van der Waals surface area contributed by atoms with Crippen LogP contribution in [0, 0.1) is 0 Å². The van der Waals surface area contributed by atoms with Gasteiger partial charge in [0.2, 0.25) is 10.0 Å². The first kappa shape index (κ1) is 16.2. The lowest BCUT2D eigenvalue weighted by Crippen LogP contribution is -2.28. The Labute approximate surface area is 117 Å². The zero-order valence-corrected chi connectivity index (χ0v) is 12.0. The van der Waals surface area contributed by atoms with Gasteiger partial charge in [-0.1, -0.05) is 11.6 Å². The van der Waals surface area contributed by atoms with E-state index in [4.69, 9.17) is 22.1 Å². The maximum atomic E-state index is 12.0. The van der Waals surface area contributed by atoms with E-state index in [2.05, 4.69) is 4.72 Å². The monoisotopic (exact) mass is 308 g/mol. The smallest absolute Gasteiger partial charge is 0.242 e. The summed E-state index contributed by atoms with van der Waals surface area (Å²) in [5.74, 6) is 0. The van der Waals surface area contributed by atoms with Gasteiger partial charge >= 0.3 is 0 Å². The third-order valence-electron chi connectivity index (χ3n) is 2.37. The van der Waals surface area contributed by atoms with Gasteiger partial charge in [0.05, 0.1) is 17.7 Å². The molecule has 1 rings (SSSR count). The molecule has 1 aromatic carbocycles. The number of sulfonamides is 1. The topological polar surface area (TPSA) is 102 Å². The maximum Gasteiger partial charge on any atom is 0.242 e. The van der Waals surface area contributed by atoms with Gasteiger partial charge in [0, 0.05) is 19.3 Å². The van der Waals surface area contributed by atoms with E-state index in [0.717, 1.165) is 0 Å². The van der Waals surface area contributed by atoms with E-state index < -0.39 is 16.1 Å². The zero-order chi connectivity index (χ0) is 14.5. The molecule has 0 heterocycles. The van der Waals surface area contributed by atoms with Crippen LogP contribution in [-0.4, -0.2) is 39.9 Å². The van der Waals surface area contributed by atoms with Crippen molar-refractivity contribution in [3.8, 4) is 0 Å². The molecule has 108 valence electrons. The Morgan fingerprint density at radius 3 is 2.79 bits per heavy atom. The van der Waals surface area contributed by atoms with Gasteiger partial charge in [0.1, 0.15) is 4.90 Å². The summed E-state index contributed by atoms with van der Waals surface area (Å²) < 4.78 is 31.0. The molecule has 0 spiro atoms. The average Bonchev–Trinajstić information content (AvgIpc) is 2.28. The van der Waals surface area contributed by atoms with Gasteiger partial charge in [-0.05, 0) is 24.6 Å². The number of anilines is 1. The highest BCUT2D eigenvalue weighted by atomic mass is 35.5. The van der Waals surface area contributed by atoms with Crippen LogP contribution in [-0.2, 0) is 14.8 Å². The minimum absolute atomic E-state index is 0.0374. The van der Waals surface area contributed by atoms with E-state index >= 15 is 0 Å². The first-order valence-electron chi connectivity index (χ1n) is 5.58. The van der Waals surface area contributed by atoms with Crippen LogP contribution in [0.2, 0.25) is 5.02 Å². The number of methoxy groups -OCH3 is 1. The largest absolute Gasteiger partial charge is 0.399 e. The molecule has 1 atom stereocenters. The summed E-state index contributed by atoms with van der Waals surface area (Å²) in [6.45, 7) is 0.248. The van der Waals surface area contributed by atoms with Crippen molar-refractivity contribution in [3.63, 3.8) is 0 Å². The molecule has 0 radical (unpaired) electrons. The molecule has 0 aromatic heterocycles. The van der Waals surface area contributed by atoms with Gasteiger partial charge < -0.3 is 15.6 Å². The van der Waals surface area contributed by atoms with E-state index in [9.17, 15) is 13.5 Å². The quantitative estimate of drug-likeness (QED) is 0.640. The van der Waals surface area contributed by atoms with Gasteiger partial charge in [-0.2, -0.15) is 0 Å². The van der Waals surface area contributed by atoms with E-state index in [1.807, 2.05) is 0 Å². The number of hydrogen-bond donors (Lipinski definition) is 3. The lowest BCUT2D eigenvalue weighted by atomic mass is 10.3. The molecule has 1 aromatic rings. The Balaban J connectivity index is 2.66. The number of nitrogen functional groups attached to an aromatic ring is 1. The summed E-state index contributed by atoms with van der Waals surface area (Å²) >= 11 is 5.84. The minimum atomic E-state index is -3.71. The first-order chi connectivity index (χ1) is 8.86. The Hall–Kier alpha value is -0.860. The van der Waals surface area contributed by atoms with Gasteiger partial charge in [-0.25, -0.2) is 13.1 Å². The number of aliphatic hydroxyl groups is 1. The number of benzene rings is 1. The molecule has 0 aliphatic heterocycles. The van der Waals surface area contributed by atoms with E-state index in [-0.39, 0.29) is 29.5 Å². The van der Waals surface area contributed by atoms with Crippen LogP contribution in [0.1, 0.15) is 6.42 Å². The Kier molecular flexibility index (Phi) is 6.02. The van der Waals surface area contributed by atoms with Crippen LogP contribution in [0.4, 0.5) is 5.69 Å². The standard InChI is InChI=1S/C11H17ClN2O4S/c1-18-7-9(15)4-5-14-19(16,17)11-3-2-8(13)6-10(11)12/h2-3,6,9,14-15H,4-5,7,13H2,1H3. The van der Waals surface area contributed by atoms with Gasteiger partial charge in [0.25, 0.3) is 0 Å². The summed E-state index contributed by atoms with van der Waals surface area (Å²) in [7, 11) is -2.25. The fourth-order valence-electron chi connectivity index (χ4n) is 1.45. The predicted molar refractivity (Wildman–Crippen MR) is 73.6 cm³/mol. The molecule has 0 fully saturated rings. The van der Waals surface area contributed by atoms with Crippen LogP contribution in [0.25, 0.3) is 0 Å². The number of ether oxygens (including phenoxy) is 1. The highest BCUT2D eigenvalue weighted by Crippen LogP contribution is 2.23. The minimum Gasteiger partial charge on any atom is -0.399 e. The van der Waals surface area contributed by atoms with Crippen molar-refractivity contribution in [1.82, 2.24) is 4.72 Å². The van der Waals surface area contributed by atoms with Crippen LogP contribution in [0.15, 0.2) is 23.1 Å². The van der Waals surface area contributed by atoms with Crippen LogP contribution >= 0.6 is 11.6 Å².